The number of benzene rings is 1. The minimum atomic E-state index is 0.588. The van der Waals surface area contributed by atoms with Crippen molar-refractivity contribution in [3.63, 3.8) is 0 Å². The average molecular weight is 194 g/mol. The van der Waals surface area contributed by atoms with Gasteiger partial charge >= 0.3 is 0 Å². The van der Waals surface area contributed by atoms with E-state index in [0.29, 0.717) is 5.92 Å². The first-order chi connectivity index (χ1) is 6.70. The van der Waals surface area contributed by atoms with Crippen LogP contribution in [-0.4, -0.2) is 6.61 Å². The van der Waals surface area contributed by atoms with Gasteiger partial charge in [0.15, 0.2) is 0 Å². The maximum atomic E-state index is 5.60. The van der Waals surface area contributed by atoms with E-state index >= 15 is 0 Å². The van der Waals surface area contributed by atoms with E-state index in [9.17, 15) is 0 Å². The van der Waals surface area contributed by atoms with Crippen molar-refractivity contribution in [1.82, 2.24) is 0 Å². The molecular weight excluding hydrogens is 172 g/mol. The topological polar surface area (TPSA) is 9.23 Å². The quantitative estimate of drug-likeness (QED) is 0.705. The molecule has 0 saturated heterocycles. The molecular formula is C13H22O. The highest BCUT2D eigenvalue weighted by Crippen LogP contribution is 2.16. The van der Waals surface area contributed by atoms with Crippen molar-refractivity contribution in [3.8, 4) is 5.75 Å². The van der Waals surface area contributed by atoms with Gasteiger partial charge in [-0.15, -0.1) is 0 Å². The van der Waals surface area contributed by atoms with Crippen LogP contribution in [0.5, 0.6) is 5.75 Å². The normalized spacial score (nSPS) is 9.29. The third-order valence-electron chi connectivity index (χ3n) is 1.67. The fourth-order valence-corrected chi connectivity index (χ4v) is 0.975. The highest BCUT2D eigenvalue weighted by atomic mass is 16.5. The molecule has 80 valence electrons. The van der Waals surface area contributed by atoms with Crippen molar-refractivity contribution in [3.05, 3.63) is 29.8 Å². The van der Waals surface area contributed by atoms with Gasteiger partial charge in [0.25, 0.3) is 0 Å². The molecule has 0 N–H and O–H groups in total. The minimum absolute atomic E-state index is 0.588. The van der Waals surface area contributed by atoms with E-state index < -0.39 is 0 Å². The van der Waals surface area contributed by atoms with Crippen molar-refractivity contribution in [1.29, 1.82) is 0 Å². The molecule has 0 fully saturated rings. The number of aryl methyl sites for hydroxylation is 1. The Bertz CT molecular complexity index is 241. The average Bonchev–Trinajstić information content (AvgIpc) is 2.19. The van der Waals surface area contributed by atoms with Crippen molar-refractivity contribution < 1.29 is 4.74 Å². The monoisotopic (exact) mass is 194 g/mol. The molecule has 0 atom stereocenters. The summed E-state index contributed by atoms with van der Waals surface area (Å²) >= 11 is 0. The lowest BCUT2D eigenvalue weighted by Gasteiger charge is -2.10. The van der Waals surface area contributed by atoms with E-state index in [2.05, 4.69) is 26.8 Å². The lowest BCUT2D eigenvalue weighted by Crippen LogP contribution is -2.05. The van der Waals surface area contributed by atoms with Crippen molar-refractivity contribution in [2.24, 2.45) is 5.92 Å². The minimum Gasteiger partial charge on any atom is -0.493 e. The van der Waals surface area contributed by atoms with Gasteiger partial charge in [-0.2, -0.15) is 0 Å². The van der Waals surface area contributed by atoms with Crippen LogP contribution in [0.2, 0.25) is 0 Å². The highest BCUT2D eigenvalue weighted by molar-refractivity contribution is 5.31. The summed E-state index contributed by atoms with van der Waals surface area (Å²) < 4.78 is 5.60. The smallest absolute Gasteiger partial charge is 0.122 e. The van der Waals surface area contributed by atoms with Crippen LogP contribution < -0.4 is 4.74 Å². The zero-order valence-electron chi connectivity index (χ0n) is 10.0. The Morgan fingerprint density at radius 3 is 2.21 bits per heavy atom. The number of hydrogen-bond donors (Lipinski definition) is 0. The summed E-state index contributed by atoms with van der Waals surface area (Å²) in [6.45, 7) is 11.2. The van der Waals surface area contributed by atoms with Crippen LogP contribution in [-0.2, 0) is 0 Å². The van der Waals surface area contributed by atoms with Gasteiger partial charge in [0.1, 0.15) is 5.75 Å². The Morgan fingerprint density at radius 1 is 1.14 bits per heavy atom. The summed E-state index contributed by atoms with van der Waals surface area (Å²) in [5.74, 6) is 1.59. The Labute approximate surface area is 88.1 Å². The lowest BCUT2D eigenvalue weighted by atomic mass is 10.2. The van der Waals surface area contributed by atoms with Gasteiger partial charge in [-0.25, -0.2) is 0 Å². The van der Waals surface area contributed by atoms with E-state index in [1.54, 1.807) is 0 Å². The van der Waals surface area contributed by atoms with E-state index in [-0.39, 0.29) is 0 Å². The van der Waals surface area contributed by atoms with Gasteiger partial charge in [0.2, 0.25) is 0 Å². The standard InChI is InChI=1S/C11H16O.C2H6/c1-9(2)8-12-11-7-5-4-6-10(11)3;1-2/h4-7,9H,8H2,1-3H3;1-2H3. The maximum Gasteiger partial charge on any atom is 0.122 e. The molecule has 0 bridgehead atoms. The molecule has 0 saturated carbocycles. The number of para-hydroxylation sites is 1. The highest BCUT2D eigenvalue weighted by Gasteiger charge is 1.98. The van der Waals surface area contributed by atoms with Crippen molar-refractivity contribution >= 4 is 0 Å². The fourth-order valence-electron chi connectivity index (χ4n) is 0.975. The fraction of sp³-hybridized carbons (Fsp3) is 0.538. The molecule has 1 rings (SSSR count). The molecule has 1 nitrogen and oxygen atoms in total. The molecule has 0 heterocycles. The first-order valence-corrected chi connectivity index (χ1v) is 5.38. The second kappa shape index (κ2) is 7.43. The summed E-state index contributed by atoms with van der Waals surface area (Å²) in [7, 11) is 0. The molecule has 0 radical (unpaired) electrons. The molecule has 0 aromatic heterocycles. The van der Waals surface area contributed by atoms with Crippen molar-refractivity contribution in [2.45, 2.75) is 34.6 Å². The van der Waals surface area contributed by atoms with E-state index in [0.717, 1.165) is 12.4 Å². The molecule has 1 aromatic rings. The molecule has 0 amide bonds. The first kappa shape index (κ1) is 13.0. The predicted octanol–water partition coefficient (Wildman–Crippen LogP) is 4.06. The molecule has 0 aliphatic carbocycles. The van der Waals surface area contributed by atoms with Gasteiger partial charge in [0.05, 0.1) is 6.61 Å². The van der Waals surface area contributed by atoms with E-state index in [4.69, 9.17) is 4.74 Å². The van der Waals surface area contributed by atoms with Crippen LogP contribution in [0.1, 0.15) is 33.3 Å². The van der Waals surface area contributed by atoms with Gasteiger partial charge in [-0.05, 0) is 24.5 Å². The number of rotatable bonds is 3. The molecule has 0 spiro atoms. The van der Waals surface area contributed by atoms with Crippen LogP contribution in [0.15, 0.2) is 24.3 Å². The SMILES string of the molecule is CC.Cc1ccccc1OCC(C)C. The third-order valence-corrected chi connectivity index (χ3v) is 1.67. The second-order valence-corrected chi connectivity index (χ2v) is 3.47. The Balaban J connectivity index is 0.000000791. The summed E-state index contributed by atoms with van der Waals surface area (Å²) in [4.78, 5) is 0. The molecule has 1 heteroatoms. The zero-order chi connectivity index (χ0) is 11.0. The number of hydrogen-bond acceptors (Lipinski definition) is 1. The Morgan fingerprint density at radius 2 is 1.71 bits per heavy atom. The molecule has 0 aliphatic heterocycles. The Kier molecular flexibility index (Phi) is 6.91. The van der Waals surface area contributed by atoms with E-state index in [1.807, 2.05) is 32.0 Å². The van der Waals surface area contributed by atoms with Crippen LogP contribution >= 0.6 is 0 Å². The lowest BCUT2D eigenvalue weighted by molar-refractivity contribution is 0.269. The Hall–Kier alpha value is -0.980. The molecule has 0 unspecified atom stereocenters. The van der Waals surface area contributed by atoms with Gasteiger partial charge < -0.3 is 4.74 Å². The van der Waals surface area contributed by atoms with Gasteiger partial charge in [0, 0.05) is 0 Å². The van der Waals surface area contributed by atoms with Crippen LogP contribution in [0.25, 0.3) is 0 Å². The van der Waals surface area contributed by atoms with Crippen LogP contribution in [0.4, 0.5) is 0 Å². The predicted molar refractivity (Wildman–Crippen MR) is 62.9 cm³/mol. The molecule has 14 heavy (non-hydrogen) atoms. The van der Waals surface area contributed by atoms with Crippen molar-refractivity contribution in [2.75, 3.05) is 6.61 Å². The largest absolute Gasteiger partial charge is 0.493 e. The molecule has 1 aromatic carbocycles. The maximum absolute atomic E-state index is 5.60. The van der Waals surface area contributed by atoms with Crippen LogP contribution in [0.3, 0.4) is 0 Å². The second-order valence-electron chi connectivity index (χ2n) is 3.47. The first-order valence-electron chi connectivity index (χ1n) is 5.38. The number of ether oxygens (including phenoxy) is 1. The summed E-state index contributed by atoms with van der Waals surface area (Å²) in [5.41, 5.74) is 1.21. The summed E-state index contributed by atoms with van der Waals surface area (Å²) in [6.07, 6.45) is 0. The molecule has 0 aliphatic rings. The zero-order valence-corrected chi connectivity index (χ0v) is 10.0. The van der Waals surface area contributed by atoms with Gasteiger partial charge in [-0.1, -0.05) is 45.9 Å². The summed E-state index contributed by atoms with van der Waals surface area (Å²) in [6, 6.07) is 8.10. The third kappa shape index (κ3) is 4.90. The van der Waals surface area contributed by atoms with Crippen LogP contribution in [0, 0.1) is 12.8 Å². The van der Waals surface area contributed by atoms with Gasteiger partial charge in [-0.3, -0.25) is 0 Å². The summed E-state index contributed by atoms with van der Waals surface area (Å²) in [5, 5.41) is 0. The van der Waals surface area contributed by atoms with E-state index in [1.165, 1.54) is 5.56 Å².